The van der Waals surface area contributed by atoms with Gasteiger partial charge in [0, 0.05) is 22.0 Å². The van der Waals surface area contributed by atoms with Crippen LogP contribution in [0.2, 0.25) is 10.0 Å². The first-order valence-electron chi connectivity index (χ1n) is 6.12. The summed E-state index contributed by atoms with van der Waals surface area (Å²) in [6, 6.07) is 5.00. The second-order valence-electron chi connectivity index (χ2n) is 4.25. The molecule has 1 nitrogen and oxygen atoms in total. The Morgan fingerprint density at radius 1 is 1.00 bits per heavy atom. The first-order valence-corrected chi connectivity index (χ1v) is 6.88. The summed E-state index contributed by atoms with van der Waals surface area (Å²) in [4.78, 5) is 11.9. The Labute approximate surface area is 113 Å². The molecular formula is C14H18Cl2O. The van der Waals surface area contributed by atoms with Crippen molar-refractivity contribution in [1.82, 2.24) is 0 Å². The Bertz CT molecular complexity index is 354. The summed E-state index contributed by atoms with van der Waals surface area (Å²) >= 11 is 11.7. The molecule has 0 fully saturated rings. The zero-order valence-corrected chi connectivity index (χ0v) is 11.7. The molecule has 0 aromatic heterocycles. The summed E-state index contributed by atoms with van der Waals surface area (Å²) in [6.45, 7) is 2.18. The molecule has 0 heterocycles. The molecule has 0 atom stereocenters. The van der Waals surface area contributed by atoms with E-state index in [0.717, 1.165) is 12.8 Å². The quantitative estimate of drug-likeness (QED) is 0.471. The van der Waals surface area contributed by atoms with E-state index >= 15 is 0 Å². The van der Waals surface area contributed by atoms with E-state index in [9.17, 15) is 4.79 Å². The SMILES string of the molecule is CCCCCCCC(=O)c1cc(Cl)cc(Cl)c1. The van der Waals surface area contributed by atoms with Crippen molar-refractivity contribution in [3.8, 4) is 0 Å². The lowest BCUT2D eigenvalue weighted by Gasteiger charge is -2.03. The standard InChI is InChI=1S/C14H18Cl2O/c1-2-3-4-5-6-7-14(17)11-8-12(15)10-13(16)9-11/h8-10H,2-7H2,1H3. The molecule has 1 aromatic carbocycles. The summed E-state index contributed by atoms with van der Waals surface area (Å²) in [7, 11) is 0. The minimum absolute atomic E-state index is 0.130. The number of hydrogen-bond acceptors (Lipinski definition) is 1. The highest BCUT2D eigenvalue weighted by Crippen LogP contribution is 2.20. The molecule has 1 rings (SSSR count). The second kappa shape index (κ2) is 7.73. The van der Waals surface area contributed by atoms with Gasteiger partial charge in [0.15, 0.2) is 5.78 Å². The van der Waals surface area contributed by atoms with Crippen LogP contribution in [0.1, 0.15) is 55.8 Å². The van der Waals surface area contributed by atoms with Crippen LogP contribution in [0, 0.1) is 0 Å². The highest BCUT2D eigenvalue weighted by atomic mass is 35.5. The van der Waals surface area contributed by atoms with Crippen molar-refractivity contribution in [2.75, 3.05) is 0 Å². The number of rotatable bonds is 7. The first kappa shape index (κ1) is 14.5. The molecule has 0 aliphatic heterocycles. The maximum atomic E-state index is 11.9. The van der Waals surface area contributed by atoms with E-state index in [4.69, 9.17) is 23.2 Å². The van der Waals surface area contributed by atoms with E-state index in [0.29, 0.717) is 22.0 Å². The van der Waals surface area contributed by atoms with Crippen LogP contribution in [-0.4, -0.2) is 5.78 Å². The predicted molar refractivity (Wildman–Crippen MR) is 74.2 cm³/mol. The number of carbonyl (C=O) groups excluding carboxylic acids is 1. The molecule has 0 saturated carbocycles. The van der Waals surface area contributed by atoms with Crippen molar-refractivity contribution in [3.63, 3.8) is 0 Å². The van der Waals surface area contributed by atoms with Crippen molar-refractivity contribution in [2.24, 2.45) is 0 Å². The summed E-state index contributed by atoms with van der Waals surface area (Å²) in [5, 5.41) is 1.04. The highest BCUT2D eigenvalue weighted by molar-refractivity contribution is 6.35. The van der Waals surface area contributed by atoms with Gasteiger partial charge in [-0.2, -0.15) is 0 Å². The van der Waals surface area contributed by atoms with Gasteiger partial charge in [0.2, 0.25) is 0 Å². The number of Topliss-reactive ketones (excluding diaryl/α,β-unsaturated/α-hetero) is 1. The lowest BCUT2D eigenvalue weighted by Crippen LogP contribution is -1.99. The molecule has 0 aliphatic carbocycles. The van der Waals surface area contributed by atoms with Gasteiger partial charge >= 0.3 is 0 Å². The van der Waals surface area contributed by atoms with Gasteiger partial charge in [-0.25, -0.2) is 0 Å². The van der Waals surface area contributed by atoms with Crippen LogP contribution >= 0.6 is 23.2 Å². The van der Waals surface area contributed by atoms with Gasteiger partial charge in [-0.05, 0) is 24.6 Å². The lowest BCUT2D eigenvalue weighted by atomic mass is 10.0. The van der Waals surface area contributed by atoms with Crippen LogP contribution in [0.5, 0.6) is 0 Å². The molecule has 3 heteroatoms. The summed E-state index contributed by atoms with van der Waals surface area (Å²) < 4.78 is 0. The molecule has 0 unspecified atom stereocenters. The molecule has 0 aliphatic rings. The Hall–Kier alpha value is -0.530. The molecule has 0 spiro atoms. The number of ketones is 1. The van der Waals surface area contributed by atoms with Crippen molar-refractivity contribution in [3.05, 3.63) is 33.8 Å². The van der Waals surface area contributed by atoms with E-state index in [1.165, 1.54) is 19.3 Å². The van der Waals surface area contributed by atoms with Gasteiger partial charge in [-0.15, -0.1) is 0 Å². The van der Waals surface area contributed by atoms with Gasteiger partial charge in [0.25, 0.3) is 0 Å². The maximum absolute atomic E-state index is 11.9. The Kier molecular flexibility index (Phi) is 6.61. The molecular weight excluding hydrogens is 255 g/mol. The maximum Gasteiger partial charge on any atom is 0.162 e. The van der Waals surface area contributed by atoms with Crippen LogP contribution in [0.3, 0.4) is 0 Å². The minimum Gasteiger partial charge on any atom is -0.294 e. The van der Waals surface area contributed by atoms with E-state index in [1.807, 2.05) is 0 Å². The third-order valence-corrected chi connectivity index (χ3v) is 3.13. The van der Waals surface area contributed by atoms with Gasteiger partial charge in [-0.1, -0.05) is 55.8 Å². The summed E-state index contributed by atoms with van der Waals surface area (Å²) in [6.07, 6.45) is 6.33. The first-order chi connectivity index (χ1) is 8.13. The van der Waals surface area contributed by atoms with E-state index in [2.05, 4.69) is 6.92 Å². The third-order valence-electron chi connectivity index (χ3n) is 2.69. The van der Waals surface area contributed by atoms with Crippen LogP contribution in [-0.2, 0) is 0 Å². The number of unbranched alkanes of at least 4 members (excludes halogenated alkanes) is 4. The fraction of sp³-hybridized carbons (Fsp3) is 0.500. The van der Waals surface area contributed by atoms with Crippen molar-refractivity contribution >= 4 is 29.0 Å². The molecule has 0 amide bonds. The van der Waals surface area contributed by atoms with E-state index in [-0.39, 0.29) is 5.78 Å². The second-order valence-corrected chi connectivity index (χ2v) is 5.12. The molecule has 1 aromatic rings. The van der Waals surface area contributed by atoms with Crippen LogP contribution in [0.15, 0.2) is 18.2 Å². The number of halogens is 2. The topological polar surface area (TPSA) is 17.1 Å². The Balaban J connectivity index is 2.41. The largest absolute Gasteiger partial charge is 0.294 e. The van der Waals surface area contributed by atoms with Gasteiger partial charge in [0.05, 0.1) is 0 Å². The summed E-state index contributed by atoms with van der Waals surface area (Å²) in [5.74, 6) is 0.130. The van der Waals surface area contributed by atoms with E-state index < -0.39 is 0 Å². The average molecular weight is 273 g/mol. The molecule has 0 N–H and O–H groups in total. The average Bonchev–Trinajstić information content (AvgIpc) is 2.27. The fourth-order valence-electron chi connectivity index (χ4n) is 1.75. The minimum atomic E-state index is 0.130. The highest BCUT2D eigenvalue weighted by Gasteiger charge is 2.07. The van der Waals surface area contributed by atoms with Crippen molar-refractivity contribution < 1.29 is 4.79 Å². The zero-order valence-electron chi connectivity index (χ0n) is 10.1. The van der Waals surface area contributed by atoms with Gasteiger partial charge in [-0.3, -0.25) is 4.79 Å². The zero-order chi connectivity index (χ0) is 12.7. The number of carbonyl (C=O) groups is 1. The molecule has 17 heavy (non-hydrogen) atoms. The Morgan fingerprint density at radius 3 is 2.18 bits per heavy atom. The molecule has 0 radical (unpaired) electrons. The van der Waals surface area contributed by atoms with Crippen molar-refractivity contribution in [2.45, 2.75) is 45.4 Å². The Morgan fingerprint density at radius 2 is 1.59 bits per heavy atom. The fourth-order valence-corrected chi connectivity index (χ4v) is 2.27. The monoisotopic (exact) mass is 272 g/mol. The summed E-state index contributed by atoms with van der Waals surface area (Å²) in [5.41, 5.74) is 0.623. The van der Waals surface area contributed by atoms with Crippen molar-refractivity contribution in [1.29, 1.82) is 0 Å². The van der Waals surface area contributed by atoms with Crippen LogP contribution in [0.4, 0.5) is 0 Å². The molecule has 94 valence electrons. The number of benzene rings is 1. The lowest BCUT2D eigenvalue weighted by molar-refractivity contribution is 0.0979. The predicted octanol–water partition coefficient (Wildman–Crippen LogP) is 5.54. The third kappa shape index (κ3) is 5.56. The normalized spacial score (nSPS) is 10.5. The smallest absolute Gasteiger partial charge is 0.162 e. The number of hydrogen-bond donors (Lipinski definition) is 0. The molecule has 0 saturated heterocycles. The van der Waals surface area contributed by atoms with Gasteiger partial charge < -0.3 is 0 Å². The van der Waals surface area contributed by atoms with Gasteiger partial charge in [0.1, 0.15) is 0 Å². The van der Waals surface area contributed by atoms with E-state index in [1.54, 1.807) is 18.2 Å². The van der Waals surface area contributed by atoms with Crippen LogP contribution < -0.4 is 0 Å². The molecule has 0 bridgehead atoms. The van der Waals surface area contributed by atoms with Crippen LogP contribution in [0.25, 0.3) is 0 Å².